The number of nitrogens with zero attached hydrogens (tertiary/aromatic N) is 4. The Morgan fingerprint density at radius 3 is 3.04 bits per heavy atom. The fourth-order valence-electron chi connectivity index (χ4n) is 3.34. The third-order valence-corrected chi connectivity index (χ3v) is 4.90. The summed E-state index contributed by atoms with van der Waals surface area (Å²) in [4.78, 5) is 20.4. The number of carbonyl (C=O) groups is 1. The highest BCUT2D eigenvalue weighted by Gasteiger charge is 2.28. The second kappa shape index (κ2) is 5.90. The molecule has 0 aliphatic heterocycles. The first-order valence-corrected chi connectivity index (χ1v) is 9.03. The smallest absolute Gasteiger partial charge is 0.221 e. The first kappa shape index (κ1) is 15.1. The highest BCUT2D eigenvalue weighted by molar-refractivity contribution is 7.98. The Balaban J connectivity index is 1.80. The van der Waals surface area contributed by atoms with Crippen molar-refractivity contribution in [1.82, 2.24) is 19.7 Å². The van der Waals surface area contributed by atoms with E-state index >= 15 is 0 Å². The molecule has 0 radical (unpaired) electrons. The number of aromatic nitrogens is 4. The quantitative estimate of drug-likeness (QED) is 0.586. The number of hydrogen-bond donors (Lipinski definition) is 1. The predicted octanol–water partition coefficient (Wildman–Crippen LogP) is 3.04. The number of amides is 1. The van der Waals surface area contributed by atoms with Crippen molar-refractivity contribution in [1.29, 1.82) is 0 Å². The monoisotopic (exact) mass is 339 g/mol. The lowest BCUT2D eigenvalue weighted by molar-refractivity contribution is -0.114. The number of benzene rings is 1. The van der Waals surface area contributed by atoms with Crippen LogP contribution in [0.4, 0.5) is 5.69 Å². The summed E-state index contributed by atoms with van der Waals surface area (Å²) in [6.07, 6.45) is 7.46. The number of rotatable bonds is 3. The van der Waals surface area contributed by atoms with Gasteiger partial charge in [-0.3, -0.25) is 4.79 Å². The van der Waals surface area contributed by atoms with Gasteiger partial charge in [-0.05, 0) is 36.3 Å². The molecule has 4 rings (SSSR count). The average molecular weight is 339 g/mol. The molecule has 1 amide bonds. The minimum Gasteiger partial charge on any atom is -0.326 e. The molecule has 1 aromatic carbocycles. The van der Waals surface area contributed by atoms with E-state index < -0.39 is 0 Å². The topological polar surface area (TPSA) is 72.7 Å². The molecule has 7 heteroatoms. The molecule has 0 spiro atoms. The Morgan fingerprint density at radius 2 is 2.25 bits per heavy atom. The van der Waals surface area contributed by atoms with E-state index in [2.05, 4.69) is 26.4 Å². The zero-order chi connectivity index (χ0) is 16.7. The van der Waals surface area contributed by atoms with Crippen molar-refractivity contribution in [3.63, 3.8) is 0 Å². The van der Waals surface area contributed by atoms with E-state index in [1.54, 1.807) is 0 Å². The van der Waals surface area contributed by atoms with Crippen LogP contribution in [0, 0.1) is 0 Å². The number of thioether (sulfide) groups is 1. The standard InChI is InChI=1S/C17H17N5OS/c1-10(23)20-14-5-3-4-13-12(14)6-7-15(13)22-16-11(9-19-22)8-18-17(21-16)24-2/h3-5,8-9,15H,6-7H2,1-2H3,(H,20,23). The Hall–Kier alpha value is -2.41. The van der Waals surface area contributed by atoms with Crippen molar-refractivity contribution in [2.75, 3.05) is 11.6 Å². The lowest BCUT2D eigenvalue weighted by Crippen LogP contribution is -2.11. The lowest BCUT2D eigenvalue weighted by atomic mass is 10.1. The second-order valence-corrected chi connectivity index (χ2v) is 6.61. The van der Waals surface area contributed by atoms with Crippen LogP contribution in [0.5, 0.6) is 0 Å². The molecular formula is C17H17N5OS. The summed E-state index contributed by atoms with van der Waals surface area (Å²) >= 11 is 1.52. The van der Waals surface area contributed by atoms with E-state index in [9.17, 15) is 4.79 Å². The largest absolute Gasteiger partial charge is 0.326 e. The predicted molar refractivity (Wildman–Crippen MR) is 94.3 cm³/mol. The van der Waals surface area contributed by atoms with Gasteiger partial charge in [0.05, 0.1) is 17.6 Å². The van der Waals surface area contributed by atoms with E-state index in [1.165, 1.54) is 29.8 Å². The van der Waals surface area contributed by atoms with E-state index in [1.807, 2.05) is 35.5 Å². The van der Waals surface area contributed by atoms with Crippen molar-refractivity contribution < 1.29 is 4.79 Å². The molecule has 0 saturated carbocycles. The van der Waals surface area contributed by atoms with Gasteiger partial charge in [-0.15, -0.1) is 0 Å². The van der Waals surface area contributed by atoms with Crippen LogP contribution in [-0.2, 0) is 11.2 Å². The molecule has 0 fully saturated rings. The molecule has 1 N–H and O–H groups in total. The van der Waals surface area contributed by atoms with Gasteiger partial charge in [0.25, 0.3) is 0 Å². The van der Waals surface area contributed by atoms with Gasteiger partial charge in [0.2, 0.25) is 5.91 Å². The molecule has 1 atom stereocenters. The molecule has 1 unspecified atom stereocenters. The third kappa shape index (κ3) is 2.45. The highest BCUT2D eigenvalue weighted by Crippen LogP contribution is 2.39. The van der Waals surface area contributed by atoms with Crippen LogP contribution in [0.25, 0.3) is 11.0 Å². The summed E-state index contributed by atoms with van der Waals surface area (Å²) in [5.41, 5.74) is 4.16. The minimum atomic E-state index is -0.0475. The maximum absolute atomic E-state index is 11.4. The number of nitrogens with one attached hydrogen (secondary N) is 1. The van der Waals surface area contributed by atoms with Gasteiger partial charge in [-0.2, -0.15) is 5.10 Å². The molecule has 1 aliphatic carbocycles. The number of hydrogen-bond acceptors (Lipinski definition) is 5. The highest BCUT2D eigenvalue weighted by atomic mass is 32.2. The van der Waals surface area contributed by atoms with Gasteiger partial charge < -0.3 is 5.32 Å². The van der Waals surface area contributed by atoms with Crippen molar-refractivity contribution >= 4 is 34.4 Å². The normalized spacial score (nSPS) is 16.3. The van der Waals surface area contributed by atoms with Gasteiger partial charge in [-0.25, -0.2) is 14.6 Å². The SMILES string of the molecule is CSc1ncc2cnn(C3CCc4c(NC(C)=O)cccc43)c2n1. The minimum absolute atomic E-state index is 0.0475. The first-order valence-electron chi connectivity index (χ1n) is 7.81. The van der Waals surface area contributed by atoms with Gasteiger partial charge in [0.1, 0.15) is 0 Å². The van der Waals surface area contributed by atoms with Crippen LogP contribution >= 0.6 is 11.8 Å². The Bertz CT molecular complexity index is 936. The van der Waals surface area contributed by atoms with Gasteiger partial charge in [0.15, 0.2) is 10.8 Å². The maximum Gasteiger partial charge on any atom is 0.221 e. The van der Waals surface area contributed by atoms with Gasteiger partial charge in [0, 0.05) is 18.8 Å². The van der Waals surface area contributed by atoms with Crippen molar-refractivity contribution in [2.24, 2.45) is 0 Å². The molecule has 0 saturated heterocycles. The third-order valence-electron chi connectivity index (χ3n) is 4.34. The Kier molecular flexibility index (Phi) is 3.72. The number of anilines is 1. The van der Waals surface area contributed by atoms with Crippen molar-refractivity contribution in [3.8, 4) is 0 Å². The van der Waals surface area contributed by atoms with Crippen LogP contribution in [-0.4, -0.2) is 31.9 Å². The second-order valence-electron chi connectivity index (χ2n) is 5.83. The van der Waals surface area contributed by atoms with Crippen LogP contribution in [0.2, 0.25) is 0 Å². The summed E-state index contributed by atoms with van der Waals surface area (Å²) in [6.45, 7) is 1.54. The van der Waals surface area contributed by atoms with Crippen LogP contribution < -0.4 is 5.32 Å². The zero-order valence-corrected chi connectivity index (χ0v) is 14.3. The van der Waals surface area contributed by atoms with Crippen LogP contribution in [0.15, 0.2) is 35.7 Å². The van der Waals surface area contributed by atoms with E-state index in [4.69, 9.17) is 0 Å². The van der Waals surface area contributed by atoms with Crippen LogP contribution in [0.1, 0.15) is 30.5 Å². The summed E-state index contributed by atoms with van der Waals surface area (Å²) in [5, 5.41) is 9.18. The summed E-state index contributed by atoms with van der Waals surface area (Å²) in [6, 6.07) is 6.19. The molecule has 2 heterocycles. The molecule has 6 nitrogen and oxygen atoms in total. The van der Waals surface area contributed by atoms with Crippen molar-refractivity contribution in [3.05, 3.63) is 41.7 Å². The molecule has 24 heavy (non-hydrogen) atoms. The summed E-state index contributed by atoms with van der Waals surface area (Å²) in [5.74, 6) is -0.0475. The zero-order valence-electron chi connectivity index (χ0n) is 13.5. The fraction of sp³-hybridized carbons (Fsp3) is 0.294. The van der Waals surface area contributed by atoms with Gasteiger partial charge >= 0.3 is 0 Å². The Labute approximate surface area is 143 Å². The van der Waals surface area contributed by atoms with E-state index in [-0.39, 0.29) is 11.9 Å². The summed E-state index contributed by atoms with van der Waals surface area (Å²) in [7, 11) is 0. The molecule has 3 aromatic rings. The van der Waals surface area contributed by atoms with Crippen molar-refractivity contribution in [2.45, 2.75) is 31.0 Å². The molecule has 122 valence electrons. The Morgan fingerprint density at radius 1 is 1.38 bits per heavy atom. The maximum atomic E-state index is 11.4. The molecular weight excluding hydrogens is 322 g/mol. The lowest BCUT2D eigenvalue weighted by Gasteiger charge is -2.14. The molecule has 2 aromatic heterocycles. The number of carbonyl (C=O) groups excluding carboxylic acids is 1. The van der Waals surface area contributed by atoms with E-state index in [0.29, 0.717) is 0 Å². The van der Waals surface area contributed by atoms with E-state index in [0.717, 1.165) is 34.7 Å². The van der Waals surface area contributed by atoms with Crippen LogP contribution in [0.3, 0.4) is 0 Å². The molecule has 0 bridgehead atoms. The van der Waals surface area contributed by atoms with Gasteiger partial charge in [-0.1, -0.05) is 23.9 Å². The molecule has 1 aliphatic rings. The average Bonchev–Trinajstić information content (AvgIpc) is 3.17. The fourth-order valence-corrected chi connectivity index (χ4v) is 3.68. The summed E-state index contributed by atoms with van der Waals surface area (Å²) < 4.78 is 1.99. The number of fused-ring (bicyclic) bond motifs is 2. The first-order chi connectivity index (χ1) is 11.7.